The second kappa shape index (κ2) is 2.12. The molecule has 0 unspecified atom stereocenters. The molecule has 2 aliphatic rings. The number of fused-ring (bicyclic) bond motifs is 1. The Bertz CT molecular complexity index is 276. The van der Waals surface area contributed by atoms with E-state index >= 15 is 0 Å². The number of hydrogen-bond acceptors (Lipinski definition) is 2. The van der Waals surface area contributed by atoms with Crippen LogP contribution in [-0.2, 0) is 4.79 Å². The van der Waals surface area contributed by atoms with E-state index in [1.807, 2.05) is 6.08 Å². The van der Waals surface area contributed by atoms with Gasteiger partial charge in [-0.25, -0.2) is 0 Å². The van der Waals surface area contributed by atoms with E-state index in [0.29, 0.717) is 0 Å². The third-order valence-corrected chi connectivity index (χ3v) is 2.05. The zero-order valence-corrected chi connectivity index (χ0v) is 6.05. The van der Waals surface area contributed by atoms with Gasteiger partial charge in [-0.15, -0.1) is 0 Å². The molecule has 1 aliphatic heterocycles. The van der Waals surface area contributed by atoms with Gasteiger partial charge in [-0.3, -0.25) is 4.79 Å². The minimum atomic E-state index is -0.354. The minimum Gasteiger partial charge on any atom is -0.503 e. The van der Waals surface area contributed by atoms with Crippen LogP contribution in [0.1, 0.15) is 19.3 Å². The first-order valence-electron chi connectivity index (χ1n) is 3.73. The Morgan fingerprint density at radius 1 is 1.55 bits per heavy atom. The van der Waals surface area contributed by atoms with E-state index in [1.165, 1.54) is 0 Å². The Balaban J connectivity index is 2.45. The Labute approximate surface area is 64.4 Å². The van der Waals surface area contributed by atoms with Gasteiger partial charge in [-0.2, -0.15) is 0 Å². The lowest BCUT2D eigenvalue weighted by Crippen LogP contribution is -2.16. The molecule has 11 heavy (non-hydrogen) atoms. The molecule has 0 fully saturated rings. The lowest BCUT2D eigenvalue weighted by atomic mass is 10.00. The molecule has 3 heteroatoms. The maximum absolute atomic E-state index is 10.9. The van der Waals surface area contributed by atoms with E-state index in [0.717, 1.165) is 30.5 Å². The van der Waals surface area contributed by atoms with Crippen molar-refractivity contribution in [2.45, 2.75) is 19.3 Å². The first kappa shape index (κ1) is 6.46. The van der Waals surface area contributed by atoms with Gasteiger partial charge in [0, 0.05) is 11.3 Å². The smallest absolute Gasteiger partial charge is 0.290 e. The molecule has 2 rings (SSSR count). The van der Waals surface area contributed by atoms with Crippen molar-refractivity contribution in [2.75, 3.05) is 0 Å². The van der Waals surface area contributed by atoms with Crippen molar-refractivity contribution < 1.29 is 9.90 Å². The minimum absolute atomic E-state index is 0.0871. The largest absolute Gasteiger partial charge is 0.503 e. The van der Waals surface area contributed by atoms with Crippen molar-refractivity contribution in [1.82, 2.24) is 5.32 Å². The van der Waals surface area contributed by atoms with Crippen LogP contribution in [-0.4, -0.2) is 11.0 Å². The summed E-state index contributed by atoms with van der Waals surface area (Å²) in [5.74, 6) is -0.441. The van der Waals surface area contributed by atoms with Gasteiger partial charge in [0.1, 0.15) is 0 Å². The van der Waals surface area contributed by atoms with E-state index in [4.69, 9.17) is 0 Å². The molecule has 0 aromatic heterocycles. The van der Waals surface area contributed by atoms with Crippen LogP contribution in [0.2, 0.25) is 0 Å². The fourth-order valence-corrected chi connectivity index (χ4v) is 1.47. The molecule has 0 saturated heterocycles. The van der Waals surface area contributed by atoms with E-state index in [-0.39, 0.29) is 11.7 Å². The zero-order valence-electron chi connectivity index (χ0n) is 6.05. The third-order valence-electron chi connectivity index (χ3n) is 2.05. The van der Waals surface area contributed by atoms with Crippen molar-refractivity contribution >= 4 is 5.91 Å². The van der Waals surface area contributed by atoms with Gasteiger partial charge in [0.25, 0.3) is 5.91 Å². The fraction of sp³-hybridized carbons (Fsp3) is 0.375. The van der Waals surface area contributed by atoms with Gasteiger partial charge < -0.3 is 10.4 Å². The van der Waals surface area contributed by atoms with Gasteiger partial charge >= 0.3 is 0 Å². The number of carbonyl (C=O) groups is 1. The molecule has 58 valence electrons. The normalized spacial score (nSPS) is 22.9. The second-order valence-corrected chi connectivity index (χ2v) is 2.79. The summed E-state index contributed by atoms with van der Waals surface area (Å²) in [5, 5.41) is 11.8. The third kappa shape index (κ3) is 0.843. The van der Waals surface area contributed by atoms with Crippen molar-refractivity contribution in [3.63, 3.8) is 0 Å². The molecule has 0 saturated carbocycles. The average molecular weight is 151 g/mol. The van der Waals surface area contributed by atoms with Gasteiger partial charge in [-0.1, -0.05) is 6.08 Å². The van der Waals surface area contributed by atoms with Crippen LogP contribution < -0.4 is 5.32 Å². The van der Waals surface area contributed by atoms with Gasteiger partial charge in [0.2, 0.25) is 0 Å². The molecule has 0 spiro atoms. The van der Waals surface area contributed by atoms with E-state index < -0.39 is 0 Å². The highest BCUT2D eigenvalue weighted by Gasteiger charge is 2.27. The first-order chi connectivity index (χ1) is 5.29. The number of amides is 1. The van der Waals surface area contributed by atoms with E-state index in [2.05, 4.69) is 5.32 Å². The molecular weight excluding hydrogens is 142 g/mol. The standard InChI is InChI=1S/C8H9NO2/c10-7-5-3-1-2-4-6(5)9-8(7)11/h4,10H,1-3H2,(H,9,11). The van der Waals surface area contributed by atoms with Crippen LogP contribution in [0.3, 0.4) is 0 Å². The number of hydrogen-bond donors (Lipinski definition) is 2. The van der Waals surface area contributed by atoms with Crippen LogP contribution >= 0.6 is 0 Å². The molecular formula is C8H9NO2. The number of carbonyl (C=O) groups excluding carboxylic acids is 1. The summed E-state index contributed by atoms with van der Waals surface area (Å²) in [6.45, 7) is 0. The number of nitrogens with one attached hydrogen (secondary N) is 1. The molecule has 3 nitrogen and oxygen atoms in total. The maximum Gasteiger partial charge on any atom is 0.290 e. The monoisotopic (exact) mass is 151 g/mol. The van der Waals surface area contributed by atoms with Crippen LogP contribution in [0.25, 0.3) is 0 Å². The molecule has 0 radical (unpaired) electrons. The molecule has 1 amide bonds. The van der Waals surface area contributed by atoms with Gasteiger partial charge in [0.15, 0.2) is 5.76 Å². The van der Waals surface area contributed by atoms with Gasteiger partial charge in [0.05, 0.1) is 0 Å². The van der Waals surface area contributed by atoms with E-state index in [1.54, 1.807) is 0 Å². The second-order valence-electron chi connectivity index (χ2n) is 2.79. The highest BCUT2D eigenvalue weighted by Crippen LogP contribution is 2.28. The zero-order chi connectivity index (χ0) is 7.84. The Morgan fingerprint density at radius 3 is 3.09 bits per heavy atom. The summed E-state index contributed by atoms with van der Waals surface area (Å²) in [7, 11) is 0. The van der Waals surface area contributed by atoms with Gasteiger partial charge in [-0.05, 0) is 19.3 Å². The first-order valence-corrected chi connectivity index (χ1v) is 3.73. The number of aliphatic hydroxyl groups is 1. The van der Waals surface area contributed by atoms with Crippen molar-refractivity contribution in [1.29, 1.82) is 0 Å². The predicted octanol–water partition coefficient (Wildman–Crippen LogP) is 0.996. The van der Waals surface area contributed by atoms with E-state index in [9.17, 15) is 9.90 Å². The van der Waals surface area contributed by atoms with Crippen molar-refractivity contribution in [3.8, 4) is 0 Å². The van der Waals surface area contributed by atoms with Crippen molar-refractivity contribution in [2.24, 2.45) is 0 Å². The quantitative estimate of drug-likeness (QED) is 0.542. The fourth-order valence-electron chi connectivity index (χ4n) is 1.47. The summed E-state index contributed by atoms with van der Waals surface area (Å²) >= 11 is 0. The molecule has 0 atom stereocenters. The predicted molar refractivity (Wildman–Crippen MR) is 39.7 cm³/mol. The highest BCUT2D eigenvalue weighted by molar-refractivity contribution is 5.98. The van der Waals surface area contributed by atoms with Crippen LogP contribution in [0.15, 0.2) is 23.1 Å². The molecule has 2 N–H and O–H groups in total. The molecule has 0 bridgehead atoms. The Kier molecular flexibility index (Phi) is 1.24. The van der Waals surface area contributed by atoms with Crippen LogP contribution in [0.4, 0.5) is 0 Å². The maximum atomic E-state index is 10.9. The molecule has 0 aromatic carbocycles. The lowest BCUT2D eigenvalue weighted by molar-refractivity contribution is -0.118. The summed E-state index contributed by atoms with van der Waals surface area (Å²) in [6.07, 6.45) is 4.79. The van der Waals surface area contributed by atoms with Crippen LogP contribution in [0, 0.1) is 0 Å². The summed E-state index contributed by atoms with van der Waals surface area (Å²) < 4.78 is 0. The molecule has 1 aliphatic carbocycles. The molecule has 1 heterocycles. The topological polar surface area (TPSA) is 49.3 Å². The lowest BCUT2D eigenvalue weighted by Gasteiger charge is -2.09. The number of allylic oxidation sites excluding steroid dienone is 2. The average Bonchev–Trinajstić information content (AvgIpc) is 2.30. The summed E-state index contributed by atoms with van der Waals surface area (Å²) in [5.41, 5.74) is 1.61. The summed E-state index contributed by atoms with van der Waals surface area (Å²) in [6, 6.07) is 0. The van der Waals surface area contributed by atoms with Crippen molar-refractivity contribution in [3.05, 3.63) is 23.1 Å². The highest BCUT2D eigenvalue weighted by atomic mass is 16.3. The molecule has 0 aromatic rings. The Hall–Kier alpha value is -1.25. The SMILES string of the molecule is O=C1NC2=CCCCC2=C1O. The van der Waals surface area contributed by atoms with Crippen LogP contribution in [0.5, 0.6) is 0 Å². The number of aliphatic hydroxyl groups excluding tert-OH is 1. The Morgan fingerprint density at radius 2 is 2.36 bits per heavy atom. The summed E-state index contributed by atoms with van der Waals surface area (Å²) in [4.78, 5) is 10.9. The number of rotatable bonds is 0.